The summed E-state index contributed by atoms with van der Waals surface area (Å²) in [5.74, 6) is 0. The van der Waals surface area contributed by atoms with Crippen molar-refractivity contribution in [1.82, 2.24) is 14.9 Å². The van der Waals surface area contributed by atoms with Gasteiger partial charge < -0.3 is 9.88 Å². The quantitative estimate of drug-likeness (QED) is 0.751. The maximum absolute atomic E-state index is 12.6. The Hall–Kier alpha value is -2.34. The van der Waals surface area contributed by atoms with E-state index in [2.05, 4.69) is 15.3 Å². The molecule has 112 valence electrons. The van der Waals surface area contributed by atoms with Crippen molar-refractivity contribution in [2.75, 3.05) is 11.9 Å². The van der Waals surface area contributed by atoms with Gasteiger partial charge in [-0.05, 0) is 37.1 Å². The number of likely N-dealkylation sites (tertiary alicyclic amines) is 1. The van der Waals surface area contributed by atoms with E-state index in [0.29, 0.717) is 5.13 Å². The minimum atomic E-state index is -0.0730. The third-order valence-corrected chi connectivity index (χ3v) is 4.95. The summed E-state index contributed by atoms with van der Waals surface area (Å²) < 4.78 is 1.08. The number of carbonyl (C=O) groups excluding carboxylic acids is 1. The van der Waals surface area contributed by atoms with Gasteiger partial charge in [0.15, 0.2) is 5.13 Å². The van der Waals surface area contributed by atoms with Crippen LogP contribution >= 0.6 is 11.3 Å². The highest BCUT2D eigenvalue weighted by molar-refractivity contribution is 7.22. The number of urea groups is 1. The van der Waals surface area contributed by atoms with Crippen molar-refractivity contribution < 1.29 is 4.79 Å². The lowest BCUT2D eigenvalue weighted by molar-refractivity contribution is 0.206. The van der Waals surface area contributed by atoms with Crippen LogP contribution in [0.25, 0.3) is 10.2 Å². The number of anilines is 1. The third kappa shape index (κ3) is 2.35. The zero-order valence-corrected chi connectivity index (χ0v) is 12.8. The molecule has 0 bridgehead atoms. The summed E-state index contributed by atoms with van der Waals surface area (Å²) >= 11 is 1.51. The number of H-pyrrole nitrogens is 1. The molecule has 6 heteroatoms. The Morgan fingerprint density at radius 2 is 2.23 bits per heavy atom. The molecule has 2 aromatic heterocycles. The number of benzene rings is 1. The molecule has 1 aliphatic heterocycles. The van der Waals surface area contributed by atoms with Gasteiger partial charge in [-0.15, -0.1) is 0 Å². The first kappa shape index (κ1) is 13.3. The number of carbonyl (C=O) groups is 1. The van der Waals surface area contributed by atoms with E-state index in [0.717, 1.165) is 35.3 Å². The first-order chi connectivity index (χ1) is 10.8. The van der Waals surface area contributed by atoms with E-state index in [-0.39, 0.29) is 12.1 Å². The van der Waals surface area contributed by atoms with Crippen LogP contribution in [0.2, 0.25) is 0 Å². The van der Waals surface area contributed by atoms with Gasteiger partial charge in [0.25, 0.3) is 0 Å². The van der Waals surface area contributed by atoms with Crippen LogP contribution in [0.4, 0.5) is 9.93 Å². The Balaban J connectivity index is 1.53. The molecule has 22 heavy (non-hydrogen) atoms. The predicted molar refractivity (Wildman–Crippen MR) is 88.1 cm³/mol. The number of amides is 2. The lowest BCUT2D eigenvalue weighted by Crippen LogP contribution is -2.34. The molecular weight excluding hydrogens is 296 g/mol. The molecule has 0 unspecified atom stereocenters. The van der Waals surface area contributed by atoms with Gasteiger partial charge in [-0.2, -0.15) is 0 Å². The number of thiazole rings is 1. The summed E-state index contributed by atoms with van der Waals surface area (Å²) in [6, 6.07) is 12.0. The molecule has 2 amide bonds. The Labute approximate surface area is 132 Å². The highest BCUT2D eigenvalue weighted by Crippen LogP contribution is 2.32. The van der Waals surface area contributed by atoms with Crippen LogP contribution in [0.1, 0.15) is 24.6 Å². The lowest BCUT2D eigenvalue weighted by Gasteiger charge is -2.23. The van der Waals surface area contributed by atoms with Crippen molar-refractivity contribution in [3.8, 4) is 0 Å². The van der Waals surface area contributed by atoms with Crippen LogP contribution in [0, 0.1) is 0 Å². The third-order valence-electron chi connectivity index (χ3n) is 4.00. The van der Waals surface area contributed by atoms with Crippen LogP contribution in [-0.4, -0.2) is 27.4 Å². The second kappa shape index (κ2) is 5.46. The van der Waals surface area contributed by atoms with E-state index in [1.807, 2.05) is 47.5 Å². The zero-order chi connectivity index (χ0) is 14.9. The number of nitrogens with zero attached hydrogens (tertiary/aromatic N) is 2. The normalized spacial score (nSPS) is 18.0. The van der Waals surface area contributed by atoms with E-state index in [4.69, 9.17) is 0 Å². The van der Waals surface area contributed by atoms with Crippen molar-refractivity contribution in [2.24, 2.45) is 0 Å². The van der Waals surface area contributed by atoms with E-state index >= 15 is 0 Å². The average molecular weight is 312 g/mol. The van der Waals surface area contributed by atoms with Crippen LogP contribution in [0.15, 0.2) is 42.6 Å². The molecule has 5 nitrogen and oxygen atoms in total. The predicted octanol–water partition coefficient (Wildman–Crippen LogP) is 3.99. The van der Waals surface area contributed by atoms with Gasteiger partial charge in [0.05, 0.1) is 16.3 Å². The first-order valence-electron chi connectivity index (χ1n) is 7.38. The molecule has 1 atom stereocenters. The average Bonchev–Trinajstić information content (AvgIpc) is 3.25. The van der Waals surface area contributed by atoms with Gasteiger partial charge >= 0.3 is 6.03 Å². The molecule has 4 rings (SSSR count). The minimum absolute atomic E-state index is 0.0730. The van der Waals surface area contributed by atoms with Crippen molar-refractivity contribution in [1.29, 1.82) is 0 Å². The molecule has 1 aromatic carbocycles. The second-order valence-corrected chi connectivity index (χ2v) is 6.42. The number of fused-ring (bicyclic) bond motifs is 1. The standard InChI is InChI=1S/C16H16N4OS/c21-16(19-15-18-12-5-1-2-8-14(12)22-15)20-10-4-7-13(20)11-6-3-9-17-11/h1-3,5-6,8-9,13,17H,4,7,10H2,(H,18,19,21)/t13-/m1/s1. The van der Waals surface area contributed by atoms with Gasteiger partial charge in [-0.1, -0.05) is 23.5 Å². The molecule has 1 fully saturated rings. The molecule has 0 spiro atoms. The molecule has 0 aliphatic carbocycles. The summed E-state index contributed by atoms with van der Waals surface area (Å²) in [5, 5.41) is 3.60. The molecule has 1 aliphatic rings. The maximum Gasteiger partial charge on any atom is 0.324 e. The Morgan fingerprint density at radius 3 is 3.05 bits per heavy atom. The molecular formula is C16H16N4OS. The Bertz CT molecular complexity index is 762. The summed E-state index contributed by atoms with van der Waals surface area (Å²) in [5.41, 5.74) is 2.02. The van der Waals surface area contributed by atoms with Gasteiger partial charge in [-0.25, -0.2) is 9.78 Å². The minimum Gasteiger partial charge on any atom is -0.363 e. The number of para-hydroxylation sites is 1. The van der Waals surface area contributed by atoms with Crippen molar-refractivity contribution in [3.05, 3.63) is 48.3 Å². The summed E-state index contributed by atoms with van der Waals surface area (Å²) in [6.45, 7) is 0.778. The monoisotopic (exact) mass is 312 g/mol. The highest BCUT2D eigenvalue weighted by Gasteiger charge is 2.30. The molecule has 3 aromatic rings. The molecule has 0 radical (unpaired) electrons. The van der Waals surface area contributed by atoms with Crippen LogP contribution in [-0.2, 0) is 0 Å². The van der Waals surface area contributed by atoms with Crippen molar-refractivity contribution >= 4 is 32.7 Å². The van der Waals surface area contributed by atoms with Crippen LogP contribution < -0.4 is 5.32 Å². The maximum atomic E-state index is 12.6. The fourth-order valence-electron chi connectivity index (χ4n) is 2.97. The van der Waals surface area contributed by atoms with Gasteiger partial charge in [-0.3, -0.25) is 5.32 Å². The number of rotatable bonds is 2. The van der Waals surface area contributed by atoms with E-state index < -0.39 is 0 Å². The van der Waals surface area contributed by atoms with Crippen molar-refractivity contribution in [3.63, 3.8) is 0 Å². The smallest absolute Gasteiger partial charge is 0.324 e. The summed E-state index contributed by atoms with van der Waals surface area (Å²) in [6.07, 6.45) is 3.92. The van der Waals surface area contributed by atoms with Crippen LogP contribution in [0.5, 0.6) is 0 Å². The Kier molecular flexibility index (Phi) is 3.31. The SMILES string of the molecule is O=C(Nc1nc2ccccc2s1)N1CCC[C@@H]1c1ccc[nH]1. The summed E-state index contributed by atoms with van der Waals surface area (Å²) in [4.78, 5) is 22.1. The largest absolute Gasteiger partial charge is 0.363 e. The zero-order valence-electron chi connectivity index (χ0n) is 12.0. The first-order valence-corrected chi connectivity index (χ1v) is 8.19. The molecule has 0 saturated carbocycles. The summed E-state index contributed by atoms with van der Waals surface area (Å²) in [7, 11) is 0. The van der Waals surface area contributed by atoms with Gasteiger partial charge in [0.2, 0.25) is 0 Å². The number of aromatic nitrogens is 2. The highest BCUT2D eigenvalue weighted by atomic mass is 32.1. The van der Waals surface area contributed by atoms with E-state index in [9.17, 15) is 4.79 Å². The number of hydrogen-bond donors (Lipinski definition) is 2. The molecule has 2 N–H and O–H groups in total. The van der Waals surface area contributed by atoms with E-state index in [1.54, 1.807) is 0 Å². The lowest BCUT2D eigenvalue weighted by atomic mass is 10.1. The molecule has 1 saturated heterocycles. The Morgan fingerprint density at radius 1 is 1.32 bits per heavy atom. The number of nitrogens with one attached hydrogen (secondary N) is 2. The van der Waals surface area contributed by atoms with E-state index in [1.165, 1.54) is 11.3 Å². The fourth-order valence-corrected chi connectivity index (χ4v) is 3.83. The van der Waals surface area contributed by atoms with Crippen molar-refractivity contribution in [2.45, 2.75) is 18.9 Å². The van der Waals surface area contributed by atoms with Gasteiger partial charge in [0.1, 0.15) is 0 Å². The van der Waals surface area contributed by atoms with Crippen LogP contribution in [0.3, 0.4) is 0 Å². The second-order valence-electron chi connectivity index (χ2n) is 5.39. The number of aromatic amines is 1. The fraction of sp³-hybridized carbons (Fsp3) is 0.250. The number of hydrogen-bond acceptors (Lipinski definition) is 3. The van der Waals surface area contributed by atoms with Gasteiger partial charge in [0, 0.05) is 18.4 Å². The molecule has 3 heterocycles. The topological polar surface area (TPSA) is 61.0 Å².